The third-order valence-electron chi connectivity index (χ3n) is 5.23. The smallest absolute Gasteiger partial charge is 0.238 e. The maximum absolute atomic E-state index is 12.5. The Hall–Kier alpha value is -2.53. The fourth-order valence-electron chi connectivity index (χ4n) is 3.80. The third kappa shape index (κ3) is 4.25. The van der Waals surface area contributed by atoms with E-state index in [0.29, 0.717) is 19.7 Å². The van der Waals surface area contributed by atoms with E-state index in [1.54, 1.807) is 0 Å². The second kappa shape index (κ2) is 8.01. The van der Waals surface area contributed by atoms with Gasteiger partial charge in [-0.1, -0.05) is 25.1 Å². The van der Waals surface area contributed by atoms with Gasteiger partial charge >= 0.3 is 0 Å². The fourth-order valence-corrected chi connectivity index (χ4v) is 3.80. The minimum atomic E-state index is -0.0763. The van der Waals surface area contributed by atoms with E-state index in [-0.39, 0.29) is 12.0 Å². The summed E-state index contributed by atoms with van der Waals surface area (Å²) in [4.78, 5) is 14.6. The largest absolute Gasteiger partial charge is 0.486 e. The quantitative estimate of drug-likeness (QED) is 0.852. The van der Waals surface area contributed by atoms with Crippen LogP contribution in [-0.4, -0.2) is 43.2 Å². The summed E-state index contributed by atoms with van der Waals surface area (Å²) in [6.07, 6.45) is 3.40. The molecule has 1 heterocycles. The van der Waals surface area contributed by atoms with Gasteiger partial charge in [0.05, 0.1) is 6.54 Å². The molecule has 0 radical (unpaired) electrons. The van der Waals surface area contributed by atoms with Gasteiger partial charge in [0.1, 0.15) is 12.7 Å². The number of nitrogens with one attached hydrogen (secondary N) is 1. The van der Waals surface area contributed by atoms with Crippen LogP contribution in [0, 0.1) is 0 Å². The number of para-hydroxylation sites is 2. The minimum absolute atomic E-state index is 0.00641. The molecule has 1 atom stereocenters. The number of benzene rings is 2. The van der Waals surface area contributed by atoms with Crippen LogP contribution in [0.1, 0.15) is 24.5 Å². The number of ether oxygens (including phenoxy) is 2. The molecule has 1 N–H and O–H groups in total. The molecule has 1 aliphatic heterocycles. The number of carbonyl (C=O) groups excluding carboxylic acids is 1. The summed E-state index contributed by atoms with van der Waals surface area (Å²) in [5.74, 6) is 1.56. The van der Waals surface area contributed by atoms with Gasteiger partial charge in [0.2, 0.25) is 5.91 Å². The minimum Gasteiger partial charge on any atom is -0.486 e. The summed E-state index contributed by atoms with van der Waals surface area (Å²) >= 11 is 0. The van der Waals surface area contributed by atoms with E-state index >= 15 is 0 Å². The van der Waals surface area contributed by atoms with Gasteiger partial charge in [-0.2, -0.15) is 0 Å². The number of aryl methyl sites for hydroxylation is 2. The van der Waals surface area contributed by atoms with Gasteiger partial charge in [-0.05, 0) is 61.2 Å². The van der Waals surface area contributed by atoms with Crippen LogP contribution >= 0.6 is 0 Å². The molecule has 27 heavy (non-hydrogen) atoms. The predicted molar refractivity (Wildman–Crippen MR) is 106 cm³/mol. The molecule has 4 rings (SSSR count). The molecule has 2 aliphatic rings. The second-order valence-electron chi connectivity index (χ2n) is 7.21. The molecule has 0 spiro atoms. The number of hydrogen-bond acceptors (Lipinski definition) is 4. The molecule has 0 aromatic heterocycles. The van der Waals surface area contributed by atoms with Crippen molar-refractivity contribution in [1.29, 1.82) is 0 Å². The molecule has 1 unspecified atom stereocenters. The average molecular weight is 366 g/mol. The van der Waals surface area contributed by atoms with E-state index in [1.165, 1.54) is 17.5 Å². The molecule has 1 amide bonds. The summed E-state index contributed by atoms with van der Waals surface area (Å²) in [7, 11) is 0. The molecular formula is C22H26N2O3. The zero-order valence-electron chi connectivity index (χ0n) is 15.7. The topological polar surface area (TPSA) is 50.8 Å². The number of likely N-dealkylation sites (N-methyl/N-ethyl adjacent to an activating group) is 1. The SMILES string of the molecule is CCN(CC(=O)Nc1ccc2c(c1)CCC2)CC1COc2ccccc2O1. The van der Waals surface area contributed by atoms with Crippen molar-refractivity contribution in [3.05, 3.63) is 53.6 Å². The summed E-state index contributed by atoms with van der Waals surface area (Å²) in [6, 6.07) is 14.0. The number of fused-ring (bicyclic) bond motifs is 2. The lowest BCUT2D eigenvalue weighted by molar-refractivity contribution is -0.117. The van der Waals surface area contributed by atoms with Crippen LogP contribution < -0.4 is 14.8 Å². The summed E-state index contributed by atoms with van der Waals surface area (Å²) in [5, 5.41) is 3.04. The average Bonchev–Trinajstić information content (AvgIpc) is 3.15. The van der Waals surface area contributed by atoms with Crippen molar-refractivity contribution in [2.45, 2.75) is 32.3 Å². The maximum Gasteiger partial charge on any atom is 0.238 e. The predicted octanol–water partition coefficient (Wildman–Crippen LogP) is 3.28. The molecule has 2 aromatic rings. The van der Waals surface area contributed by atoms with E-state index in [9.17, 15) is 4.79 Å². The number of carbonyl (C=O) groups is 1. The monoisotopic (exact) mass is 366 g/mol. The maximum atomic E-state index is 12.5. The first-order valence-electron chi connectivity index (χ1n) is 9.74. The molecule has 0 bridgehead atoms. The van der Waals surface area contributed by atoms with Gasteiger partial charge in [-0.25, -0.2) is 0 Å². The number of nitrogens with zero attached hydrogens (tertiary/aromatic N) is 1. The van der Waals surface area contributed by atoms with Gasteiger partial charge in [0, 0.05) is 12.2 Å². The molecule has 2 aromatic carbocycles. The Morgan fingerprint density at radius 3 is 2.81 bits per heavy atom. The van der Waals surface area contributed by atoms with Gasteiger partial charge in [0.25, 0.3) is 0 Å². The van der Waals surface area contributed by atoms with E-state index in [2.05, 4.69) is 29.3 Å². The molecule has 1 aliphatic carbocycles. The molecule has 0 saturated carbocycles. The van der Waals surface area contributed by atoms with E-state index in [4.69, 9.17) is 9.47 Å². The summed E-state index contributed by atoms with van der Waals surface area (Å²) in [6.45, 7) is 4.33. The highest BCUT2D eigenvalue weighted by atomic mass is 16.6. The lowest BCUT2D eigenvalue weighted by Crippen LogP contribution is -2.43. The van der Waals surface area contributed by atoms with Crippen molar-refractivity contribution < 1.29 is 14.3 Å². The number of anilines is 1. The molecule has 0 saturated heterocycles. The number of hydrogen-bond donors (Lipinski definition) is 1. The zero-order valence-corrected chi connectivity index (χ0v) is 15.7. The van der Waals surface area contributed by atoms with Crippen LogP contribution in [-0.2, 0) is 17.6 Å². The number of rotatable bonds is 6. The van der Waals surface area contributed by atoms with Gasteiger partial charge in [0.15, 0.2) is 11.5 Å². The first-order valence-corrected chi connectivity index (χ1v) is 9.74. The van der Waals surface area contributed by atoms with Crippen molar-refractivity contribution in [1.82, 2.24) is 4.90 Å². The fraction of sp³-hybridized carbons (Fsp3) is 0.409. The van der Waals surface area contributed by atoms with Crippen LogP contribution in [0.5, 0.6) is 11.5 Å². The Balaban J connectivity index is 1.31. The Kier molecular flexibility index (Phi) is 5.30. The van der Waals surface area contributed by atoms with E-state index < -0.39 is 0 Å². The van der Waals surface area contributed by atoms with Crippen molar-refractivity contribution in [3.8, 4) is 11.5 Å². The lowest BCUT2D eigenvalue weighted by atomic mass is 10.1. The highest BCUT2D eigenvalue weighted by Crippen LogP contribution is 2.31. The highest BCUT2D eigenvalue weighted by molar-refractivity contribution is 5.92. The Bertz CT molecular complexity index is 821. The van der Waals surface area contributed by atoms with Crippen LogP contribution in [0.2, 0.25) is 0 Å². The van der Waals surface area contributed by atoms with Crippen molar-refractivity contribution in [2.24, 2.45) is 0 Å². The summed E-state index contributed by atoms with van der Waals surface area (Å²) < 4.78 is 11.8. The molecule has 0 fully saturated rings. The normalized spacial score (nSPS) is 17.6. The lowest BCUT2D eigenvalue weighted by Gasteiger charge is -2.30. The Morgan fingerprint density at radius 2 is 1.96 bits per heavy atom. The van der Waals surface area contributed by atoms with Gasteiger partial charge in [-0.15, -0.1) is 0 Å². The van der Waals surface area contributed by atoms with Crippen molar-refractivity contribution in [3.63, 3.8) is 0 Å². The van der Waals surface area contributed by atoms with E-state index in [1.807, 2.05) is 30.3 Å². The van der Waals surface area contributed by atoms with Crippen LogP contribution in [0.3, 0.4) is 0 Å². The summed E-state index contributed by atoms with van der Waals surface area (Å²) in [5.41, 5.74) is 3.67. The molecule has 5 heteroatoms. The zero-order chi connectivity index (χ0) is 18.6. The Morgan fingerprint density at radius 1 is 1.15 bits per heavy atom. The van der Waals surface area contributed by atoms with Crippen LogP contribution in [0.25, 0.3) is 0 Å². The number of amides is 1. The first kappa shape index (κ1) is 17.9. The first-order chi connectivity index (χ1) is 13.2. The van der Waals surface area contributed by atoms with Crippen molar-refractivity contribution >= 4 is 11.6 Å². The molecule has 142 valence electrons. The second-order valence-corrected chi connectivity index (χ2v) is 7.21. The third-order valence-corrected chi connectivity index (χ3v) is 5.23. The molecular weight excluding hydrogens is 340 g/mol. The Labute approximate surface area is 160 Å². The van der Waals surface area contributed by atoms with Gasteiger partial charge in [-0.3, -0.25) is 9.69 Å². The standard InChI is InChI=1S/C22H26N2O3/c1-2-24(13-19-15-26-20-8-3-4-9-21(20)27-19)14-22(25)23-18-11-10-16-6-5-7-17(16)12-18/h3-4,8-12,19H,2,5-7,13-15H2,1H3,(H,23,25). The van der Waals surface area contributed by atoms with Crippen LogP contribution in [0.15, 0.2) is 42.5 Å². The van der Waals surface area contributed by atoms with E-state index in [0.717, 1.165) is 36.6 Å². The molecule has 5 nitrogen and oxygen atoms in total. The van der Waals surface area contributed by atoms with Crippen molar-refractivity contribution in [2.75, 3.05) is 31.6 Å². The highest BCUT2D eigenvalue weighted by Gasteiger charge is 2.23. The van der Waals surface area contributed by atoms with Gasteiger partial charge < -0.3 is 14.8 Å². The van der Waals surface area contributed by atoms with Crippen LogP contribution in [0.4, 0.5) is 5.69 Å².